The number of aliphatic hydroxyl groups is 2. The third-order valence-electron chi connectivity index (χ3n) is 1.65. The van der Waals surface area contributed by atoms with Gasteiger partial charge in [-0.05, 0) is 12.8 Å². The van der Waals surface area contributed by atoms with E-state index in [1.807, 2.05) is 0 Å². The van der Waals surface area contributed by atoms with E-state index in [0.29, 0.717) is 12.8 Å². The van der Waals surface area contributed by atoms with Crippen LogP contribution in [0.3, 0.4) is 0 Å². The Morgan fingerprint density at radius 1 is 1.50 bits per heavy atom. The second-order valence-corrected chi connectivity index (χ2v) is 4.60. The lowest BCUT2D eigenvalue weighted by Crippen LogP contribution is -2.39. The van der Waals surface area contributed by atoms with E-state index in [1.165, 1.54) is 6.92 Å². The molecular weight excluding hydrogens is 184 g/mol. The van der Waals surface area contributed by atoms with Gasteiger partial charge in [-0.25, -0.2) is 0 Å². The van der Waals surface area contributed by atoms with Crippen molar-refractivity contribution in [2.75, 3.05) is 0 Å². The molecule has 0 bridgehead atoms. The summed E-state index contributed by atoms with van der Waals surface area (Å²) in [5.41, 5.74) is 0. The van der Waals surface area contributed by atoms with E-state index >= 15 is 0 Å². The molecule has 1 rings (SSSR count). The van der Waals surface area contributed by atoms with Gasteiger partial charge in [0.1, 0.15) is 0 Å². The normalized spacial score (nSPS) is 19.6. The summed E-state index contributed by atoms with van der Waals surface area (Å²) < 4.78 is 26.5. The lowest BCUT2D eigenvalue weighted by molar-refractivity contribution is -0.0952. The Balaban J connectivity index is 2.68. The zero-order chi connectivity index (χ0) is 9.41. The molecule has 0 atom stereocenters. The van der Waals surface area contributed by atoms with Crippen molar-refractivity contribution >= 4 is 10.1 Å². The average molecular weight is 196 g/mol. The van der Waals surface area contributed by atoms with E-state index < -0.39 is 15.2 Å². The SMILES string of the molecule is CCC(O)(O)S(=O)(=O)OC1CC1. The van der Waals surface area contributed by atoms with Gasteiger partial charge >= 0.3 is 10.1 Å². The molecule has 12 heavy (non-hydrogen) atoms. The van der Waals surface area contributed by atoms with Gasteiger partial charge in [-0.15, -0.1) is 0 Å². The fourth-order valence-corrected chi connectivity index (χ4v) is 1.66. The van der Waals surface area contributed by atoms with Crippen molar-refractivity contribution in [2.24, 2.45) is 0 Å². The maximum atomic E-state index is 11.0. The fraction of sp³-hybridized carbons (Fsp3) is 1.00. The van der Waals surface area contributed by atoms with Gasteiger partial charge < -0.3 is 10.2 Å². The van der Waals surface area contributed by atoms with Gasteiger partial charge in [0, 0.05) is 6.42 Å². The Morgan fingerprint density at radius 2 is 2.00 bits per heavy atom. The number of hydrogen-bond donors (Lipinski definition) is 2. The van der Waals surface area contributed by atoms with E-state index in [-0.39, 0.29) is 12.5 Å². The first-order chi connectivity index (χ1) is 5.39. The molecule has 1 aliphatic carbocycles. The van der Waals surface area contributed by atoms with Crippen LogP contribution in [-0.4, -0.2) is 29.9 Å². The predicted octanol–water partition coefficient (Wildman–Crippen LogP) is -0.456. The minimum atomic E-state index is -4.24. The topological polar surface area (TPSA) is 83.8 Å². The molecule has 0 heterocycles. The highest BCUT2D eigenvalue weighted by molar-refractivity contribution is 7.87. The molecule has 0 unspecified atom stereocenters. The largest absolute Gasteiger partial charge is 0.352 e. The molecule has 0 aromatic rings. The van der Waals surface area contributed by atoms with Crippen LogP contribution in [0, 0.1) is 0 Å². The van der Waals surface area contributed by atoms with Crippen molar-refractivity contribution in [3.05, 3.63) is 0 Å². The van der Waals surface area contributed by atoms with Crippen LogP contribution < -0.4 is 0 Å². The monoisotopic (exact) mass is 196 g/mol. The van der Waals surface area contributed by atoms with Crippen molar-refractivity contribution in [3.63, 3.8) is 0 Å². The number of hydrogen-bond acceptors (Lipinski definition) is 5. The third kappa shape index (κ3) is 1.95. The fourth-order valence-electron chi connectivity index (χ4n) is 0.597. The van der Waals surface area contributed by atoms with E-state index in [4.69, 9.17) is 10.2 Å². The first kappa shape index (κ1) is 9.91. The van der Waals surface area contributed by atoms with Crippen LogP contribution in [0.15, 0.2) is 0 Å². The molecule has 1 saturated carbocycles. The standard InChI is InChI=1S/C6H12O5S/c1-2-6(7,8)12(9,10)11-5-3-4-5/h5,7-8H,2-4H2,1H3. The van der Waals surface area contributed by atoms with Crippen molar-refractivity contribution < 1.29 is 22.8 Å². The molecular formula is C6H12O5S. The molecule has 2 N–H and O–H groups in total. The molecule has 5 nitrogen and oxygen atoms in total. The molecule has 0 aromatic heterocycles. The highest BCUT2D eigenvalue weighted by Crippen LogP contribution is 2.29. The summed E-state index contributed by atoms with van der Waals surface area (Å²) in [5.74, 6) is 0. The molecule has 1 aliphatic rings. The van der Waals surface area contributed by atoms with Gasteiger partial charge in [0.2, 0.25) is 0 Å². The molecule has 72 valence electrons. The van der Waals surface area contributed by atoms with Crippen LogP contribution in [0.2, 0.25) is 0 Å². The summed E-state index contributed by atoms with van der Waals surface area (Å²) >= 11 is 0. The molecule has 0 aromatic carbocycles. The van der Waals surface area contributed by atoms with Crippen LogP contribution in [0.4, 0.5) is 0 Å². The predicted molar refractivity (Wildman–Crippen MR) is 40.5 cm³/mol. The van der Waals surface area contributed by atoms with Gasteiger partial charge in [0.25, 0.3) is 5.12 Å². The van der Waals surface area contributed by atoms with Crippen molar-refractivity contribution in [1.82, 2.24) is 0 Å². The first-order valence-corrected chi connectivity index (χ1v) is 5.17. The molecule has 0 aliphatic heterocycles. The highest BCUT2D eigenvalue weighted by Gasteiger charge is 2.43. The quantitative estimate of drug-likeness (QED) is 0.469. The molecule has 0 spiro atoms. The van der Waals surface area contributed by atoms with Gasteiger partial charge in [-0.1, -0.05) is 6.92 Å². The summed E-state index contributed by atoms with van der Waals surface area (Å²) in [6.45, 7) is 1.35. The first-order valence-electron chi connectivity index (χ1n) is 3.76. The summed E-state index contributed by atoms with van der Waals surface area (Å²) in [4.78, 5) is 0. The molecule has 0 radical (unpaired) electrons. The van der Waals surface area contributed by atoms with Crippen LogP contribution in [-0.2, 0) is 14.3 Å². The van der Waals surface area contributed by atoms with Crippen LogP contribution >= 0.6 is 0 Å². The maximum absolute atomic E-state index is 11.0. The van der Waals surface area contributed by atoms with Crippen LogP contribution in [0.25, 0.3) is 0 Å². The average Bonchev–Trinajstić information content (AvgIpc) is 2.70. The Labute approximate surface area is 71.1 Å². The smallest absolute Gasteiger partial charge is 0.324 e. The lowest BCUT2D eigenvalue weighted by atomic mass is 10.5. The third-order valence-corrected chi connectivity index (χ3v) is 3.26. The van der Waals surface area contributed by atoms with Gasteiger partial charge in [-0.2, -0.15) is 8.42 Å². The van der Waals surface area contributed by atoms with E-state index in [9.17, 15) is 8.42 Å². The van der Waals surface area contributed by atoms with E-state index in [0.717, 1.165) is 0 Å². The van der Waals surface area contributed by atoms with Crippen molar-refractivity contribution in [3.8, 4) is 0 Å². The van der Waals surface area contributed by atoms with Crippen molar-refractivity contribution in [1.29, 1.82) is 0 Å². The van der Waals surface area contributed by atoms with E-state index in [2.05, 4.69) is 4.18 Å². The van der Waals surface area contributed by atoms with Crippen LogP contribution in [0.5, 0.6) is 0 Å². The summed E-state index contributed by atoms with van der Waals surface area (Å²) in [6, 6.07) is 0. The zero-order valence-corrected chi connectivity index (χ0v) is 7.54. The molecule has 6 heteroatoms. The van der Waals surface area contributed by atoms with Gasteiger partial charge in [-0.3, -0.25) is 4.18 Å². The Hall–Kier alpha value is -0.170. The minimum absolute atomic E-state index is 0.304. The van der Waals surface area contributed by atoms with Gasteiger partial charge in [0.05, 0.1) is 6.10 Å². The summed E-state index contributed by atoms with van der Waals surface area (Å²) in [6.07, 6.45) is 0.681. The molecule has 0 amide bonds. The Kier molecular flexibility index (Phi) is 2.44. The summed E-state index contributed by atoms with van der Waals surface area (Å²) in [5, 5.41) is 15.2. The Bertz CT molecular complexity index is 251. The number of rotatable bonds is 4. The highest BCUT2D eigenvalue weighted by atomic mass is 32.2. The van der Waals surface area contributed by atoms with Gasteiger partial charge in [0.15, 0.2) is 0 Å². The second kappa shape index (κ2) is 2.95. The second-order valence-electron chi connectivity index (χ2n) is 2.85. The molecule has 0 saturated heterocycles. The van der Waals surface area contributed by atoms with Crippen molar-refractivity contribution in [2.45, 2.75) is 37.4 Å². The minimum Gasteiger partial charge on any atom is -0.352 e. The summed E-state index contributed by atoms with van der Waals surface area (Å²) in [7, 11) is -4.24. The zero-order valence-electron chi connectivity index (χ0n) is 6.73. The van der Waals surface area contributed by atoms with Crippen LogP contribution in [0.1, 0.15) is 26.2 Å². The van der Waals surface area contributed by atoms with E-state index in [1.54, 1.807) is 0 Å². The maximum Gasteiger partial charge on any atom is 0.324 e. The lowest BCUT2D eigenvalue weighted by Gasteiger charge is -2.18. The Morgan fingerprint density at radius 3 is 2.33 bits per heavy atom. The molecule has 1 fully saturated rings.